The maximum absolute atomic E-state index is 14.2. The summed E-state index contributed by atoms with van der Waals surface area (Å²) in [5.41, 5.74) is 0.384. The van der Waals surface area contributed by atoms with Gasteiger partial charge in [0.25, 0.3) is 0 Å². The first-order valence-corrected chi connectivity index (χ1v) is 8.36. The quantitative estimate of drug-likeness (QED) is 0.817. The zero-order chi connectivity index (χ0) is 14.9. The van der Waals surface area contributed by atoms with Crippen LogP contribution in [0.2, 0.25) is 0 Å². The maximum atomic E-state index is 14.2. The van der Waals surface area contributed by atoms with Gasteiger partial charge >= 0.3 is 0 Å². The van der Waals surface area contributed by atoms with Gasteiger partial charge in [0.15, 0.2) is 11.6 Å². The zero-order valence-electron chi connectivity index (χ0n) is 11.9. The third-order valence-corrected chi connectivity index (χ3v) is 5.02. The lowest BCUT2D eigenvalue weighted by Crippen LogP contribution is -2.38. The molecule has 1 aliphatic heterocycles. The van der Waals surface area contributed by atoms with Crippen LogP contribution in [0.15, 0.2) is 6.33 Å². The Morgan fingerprint density at radius 3 is 2.80 bits per heavy atom. The van der Waals surface area contributed by atoms with E-state index in [9.17, 15) is 12.8 Å². The van der Waals surface area contributed by atoms with E-state index in [1.165, 1.54) is 16.9 Å². The van der Waals surface area contributed by atoms with E-state index in [-0.39, 0.29) is 11.9 Å². The molecule has 0 radical (unpaired) electrons. The molecule has 1 aliphatic rings. The molecule has 0 N–H and O–H groups in total. The first-order valence-electron chi connectivity index (χ1n) is 6.52. The fourth-order valence-electron chi connectivity index (χ4n) is 2.36. The van der Waals surface area contributed by atoms with Crippen molar-refractivity contribution in [3.05, 3.63) is 17.8 Å². The van der Waals surface area contributed by atoms with Crippen LogP contribution in [-0.2, 0) is 16.4 Å². The molecule has 0 amide bonds. The van der Waals surface area contributed by atoms with E-state index in [0.29, 0.717) is 31.6 Å². The Morgan fingerprint density at radius 1 is 1.50 bits per heavy atom. The highest BCUT2D eigenvalue weighted by Gasteiger charge is 2.32. The minimum absolute atomic E-state index is 0.149. The van der Waals surface area contributed by atoms with Crippen LogP contribution in [0.5, 0.6) is 0 Å². The predicted octanol–water partition coefficient (Wildman–Crippen LogP) is 0.648. The Hall–Kier alpha value is -1.28. The molecule has 1 aromatic heterocycles. The number of aryl methyl sites for hydroxylation is 1. The molecule has 112 valence electrons. The van der Waals surface area contributed by atoms with Gasteiger partial charge in [-0.3, -0.25) is 0 Å². The Kier molecular flexibility index (Phi) is 4.24. The molecule has 1 aromatic rings. The molecule has 8 heteroatoms. The van der Waals surface area contributed by atoms with Gasteiger partial charge in [-0.05, 0) is 12.8 Å². The lowest BCUT2D eigenvalue weighted by molar-refractivity contribution is 0.393. The fourth-order valence-corrected chi connectivity index (χ4v) is 3.08. The molecule has 0 aliphatic carbocycles. The Bertz CT molecular complexity index is 593. The van der Waals surface area contributed by atoms with Gasteiger partial charge in [-0.15, -0.1) is 0 Å². The highest BCUT2D eigenvalue weighted by Crippen LogP contribution is 2.25. The topological polar surface area (TPSA) is 66.4 Å². The molecule has 20 heavy (non-hydrogen) atoms. The van der Waals surface area contributed by atoms with Crippen molar-refractivity contribution in [2.45, 2.75) is 25.8 Å². The molecule has 1 atom stereocenters. The monoisotopic (exact) mass is 302 g/mol. The van der Waals surface area contributed by atoms with Crippen molar-refractivity contribution in [1.29, 1.82) is 0 Å². The van der Waals surface area contributed by atoms with Gasteiger partial charge in [0.2, 0.25) is 10.0 Å². The van der Waals surface area contributed by atoms with Crippen molar-refractivity contribution in [1.82, 2.24) is 14.3 Å². The molecule has 6 nitrogen and oxygen atoms in total. The molecule has 0 spiro atoms. The van der Waals surface area contributed by atoms with Crippen LogP contribution in [0.4, 0.5) is 10.2 Å². The average Bonchev–Trinajstić information content (AvgIpc) is 2.86. The second kappa shape index (κ2) is 5.61. The number of halogens is 1. The van der Waals surface area contributed by atoms with E-state index < -0.39 is 15.8 Å². The molecule has 2 heterocycles. The summed E-state index contributed by atoms with van der Waals surface area (Å²) in [5, 5.41) is 0. The minimum Gasteiger partial charge on any atom is -0.352 e. The average molecular weight is 302 g/mol. The van der Waals surface area contributed by atoms with Gasteiger partial charge < -0.3 is 4.90 Å². The molecule has 1 unspecified atom stereocenters. The summed E-state index contributed by atoms with van der Waals surface area (Å²) in [6.45, 7) is 2.86. The summed E-state index contributed by atoms with van der Waals surface area (Å²) < 4.78 is 38.6. The summed E-state index contributed by atoms with van der Waals surface area (Å²) >= 11 is 0. The highest BCUT2D eigenvalue weighted by atomic mass is 32.2. The van der Waals surface area contributed by atoms with Gasteiger partial charge in [0.05, 0.1) is 11.9 Å². The first-order chi connectivity index (χ1) is 9.34. The third-order valence-electron chi connectivity index (χ3n) is 3.68. The van der Waals surface area contributed by atoms with E-state index in [1.54, 1.807) is 11.9 Å². The van der Waals surface area contributed by atoms with E-state index in [4.69, 9.17) is 0 Å². The molecular weight excluding hydrogens is 283 g/mol. The van der Waals surface area contributed by atoms with Crippen molar-refractivity contribution < 1.29 is 12.8 Å². The summed E-state index contributed by atoms with van der Waals surface area (Å²) in [4.78, 5) is 9.68. The van der Waals surface area contributed by atoms with Crippen LogP contribution < -0.4 is 4.90 Å². The fraction of sp³-hybridized carbons (Fsp3) is 0.667. The van der Waals surface area contributed by atoms with Crippen LogP contribution in [0.3, 0.4) is 0 Å². The van der Waals surface area contributed by atoms with Gasteiger partial charge in [0, 0.05) is 26.2 Å². The number of sulfonamides is 1. The summed E-state index contributed by atoms with van der Waals surface area (Å²) in [5.74, 6) is -0.140. The van der Waals surface area contributed by atoms with Crippen LogP contribution >= 0.6 is 0 Å². The molecule has 1 fully saturated rings. The van der Waals surface area contributed by atoms with Crippen molar-refractivity contribution >= 4 is 15.8 Å². The Labute approximate surface area is 118 Å². The van der Waals surface area contributed by atoms with Gasteiger partial charge in [-0.1, -0.05) is 6.92 Å². The summed E-state index contributed by atoms with van der Waals surface area (Å²) in [7, 11) is -1.68. The number of hydrogen-bond acceptors (Lipinski definition) is 5. The van der Waals surface area contributed by atoms with E-state index in [2.05, 4.69) is 9.97 Å². The van der Waals surface area contributed by atoms with Crippen molar-refractivity contribution in [3.63, 3.8) is 0 Å². The molecule has 0 aromatic carbocycles. The summed E-state index contributed by atoms with van der Waals surface area (Å²) in [6.07, 6.45) is 3.69. The molecule has 0 saturated carbocycles. The number of rotatable bonds is 4. The Balaban J connectivity index is 2.18. The minimum atomic E-state index is -3.23. The summed E-state index contributed by atoms with van der Waals surface area (Å²) in [6, 6.07) is -0.149. The second-order valence-electron chi connectivity index (χ2n) is 4.98. The van der Waals surface area contributed by atoms with Crippen molar-refractivity contribution in [3.8, 4) is 0 Å². The largest absolute Gasteiger partial charge is 0.352 e. The van der Waals surface area contributed by atoms with Crippen molar-refractivity contribution in [2.75, 3.05) is 31.3 Å². The van der Waals surface area contributed by atoms with Crippen LogP contribution in [0.25, 0.3) is 0 Å². The SMILES string of the molecule is CCc1ncnc(N2CCC(N(C)S(C)(=O)=O)C2)c1F. The number of aromatic nitrogens is 2. The van der Waals surface area contributed by atoms with Gasteiger partial charge in [0.1, 0.15) is 6.33 Å². The number of nitrogens with zero attached hydrogens (tertiary/aromatic N) is 4. The molecular formula is C12H19FN4O2S. The lowest BCUT2D eigenvalue weighted by Gasteiger charge is -2.23. The van der Waals surface area contributed by atoms with Gasteiger partial charge in [-0.2, -0.15) is 0 Å². The smallest absolute Gasteiger partial charge is 0.211 e. The molecule has 0 bridgehead atoms. The van der Waals surface area contributed by atoms with Crippen LogP contribution in [0.1, 0.15) is 19.0 Å². The lowest BCUT2D eigenvalue weighted by atomic mass is 10.3. The number of likely N-dealkylation sites (N-methyl/N-ethyl adjacent to an activating group) is 1. The normalized spacial score (nSPS) is 19.9. The van der Waals surface area contributed by atoms with E-state index in [0.717, 1.165) is 0 Å². The number of hydrogen-bond donors (Lipinski definition) is 0. The third kappa shape index (κ3) is 2.90. The van der Waals surface area contributed by atoms with Gasteiger partial charge in [-0.25, -0.2) is 27.1 Å². The van der Waals surface area contributed by atoms with E-state index in [1.807, 2.05) is 6.92 Å². The van der Waals surface area contributed by atoms with Crippen LogP contribution in [0, 0.1) is 5.82 Å². The second-order valence-corrected chi connectivity index (χ2v) is 7.02. The Morgan fingerprint density at radius 2 is 2.20 bits per heavy atom. The molecule has 2 rings (SSSR count). The highest BCUT2D eigenvalue weighted by molar-refractivity contribution is 7.88. The maximum Gasteiger partial charge on any atom is 0.211 e. The van der Waals surface area contributed by atoms with Crippen LogP contribution in [-0.4, -0.2) is 55.1 Å². The predicted molar refractivity (Wildman–Crippen MR) is 74.6 cm³/mol. The standard InChI is InChI=1S/C12H19FN4O2S/c1-4-10-11(13)12(15-8-14-10)17-6-5-9(7-17)16(2)20(3,18)19/h8-9H,4-7H2,1-3H3. The zero-order valence-corrected chi connectivity index (χ0v) is 12.7. The first kappa shape index (κ1) is 15.1. The number of anilines is 1. The van der Waals surface area contributed by atoms with Crippen molar-refractivity contribution in [2.24, 2.45) is 0 Å². The van der Waals surface area contributed by atoms with E-state index >= 15 is 0 Å². The molecule has 1 saturated heterocycles.